The number of aromatic nitrogens is 3. The summed E-state index contributed by atoms with van der Waals surface area (Å²) in [7, 11) is 0. The highest BCUT2D eigenvalue weighted by Crippen LogP contribution is 2.44. The molecule has 0 atom stereocenters. The molecule has 5 heteroatoms. The molecule has 1 N–H and O–H groups in total. The Morgan fingerprint density at radius 3 is 2.84 bits per heavy atom. The smallest absolute Gasteiger partial charge is 0.272 e. The fourth-order valence-electron chi connectivity index (χ4n) is 2.07. The topological polar surface area (TPSA) is 67.8 Å². The first-order valence-corrected chi connectivity index (χ1v) is 6.23. The number of rotatable bonds is 3. The SMILES string of the molecule is Cc1cnnc(C(=O)NC2(c3ccccn3)CC2)c1. The molecule has 0 unspecified atom stereocenters. The van der Waals surface area contributed by atoms with Crippen LogP contribution in [0, 0.1) is 6.92 Å². The van der Waals surface area contributed by atoms with Crippen LogP contribution in [0.1, 0.15) is 34.6 Å². The third kappa shape index (κ3) is 2.31. The highest BCUT2D eigenvalue weighted by Gasteiger charge is 2.47. The van der Waals surface area contributed by atoms with Crippen molar-refractivity contribution in [2.45, 2.75) is 25.3 Å². The standard InChI is InChI=1S/C14H14N4O/c1-10-8-11(18-16-9-10)13(19)17-14(5-6-14)12-4-2-3-7-15-12/h2-4,7-9H,5-6H2,1H3,(H,17,19). The number of amides is 1. The van der Waals surface area contributed by atoms with Crippen LogP contribution in [0.4, 0.5) is 0 Å². The van der Waals surface area contributed by atoms with Crippen LogP contribution in [0.3, 0.4) is 0 Å². The van der Waals surface area contributed by atoms with Crippen LogP contribution in [0.5, 0.6) is 0 Å². The lowest BCUT2D eigenvalue weighted by atomic mass is 10.1. The van der Waals surface area contributed by atoms with Crippen molar-refractivity contribution in [3.8, 4) is 0 Å². The molecule has 1 aliphatic carbocycles. The van der Waals surface area contributed by atoms with Gasteiger partial charge in [-0.05, 0) is 43.5 Å². The summed E-state index contributed by atoms with van der Waals surface area (Å²) in [5.41, 5.74) is 1.86. The summed E-state index contributed by atoms with van der Waals surface area (Å²) in [6, 6.07) is 7.47. The maximum Gasteiger partial charge on any atom is 0.272 e. The molecule has 1 amide bonds. The number of aryl methyl sites for hydroxylation is 1. The Morgan fingerprint density at radius 1 is 1.37 bits per heavy atom. The van der Waals surface area contributed by atoms with E-state index in [1.807, 2.05) is 25.1 Å². The molecule has 0 bridgehead atoms. The molecule has 0 saturated heterocycles. The fourth-order valence-corrected chi connectivity index (χ4v) is 2.07. The van der Waals surface area contributed by atoms with Gasteiger partial charge in [-0.25, -0.2) is 0 Å². The molecule has 0 radical (unpaired) electrons. The predicted octanol–water partition coefficient (Wildman–Crippen LogP) is 1.60. The van der Waals surface area contributed by atoms with Crippen LogP contribution in [-0.2, 0) is 5.54 Å². The number of carbonyl (C=O) groups is 1. The Balaban J connectivity index is 1.81. The average Bonchev–Trinajstić information content (AvgIpc) is 3.21. The lowest BCUT2D eigenvalue weighted by Crippen LogP contribution is -2.36. The average molecular weight is 254 g/mol. The van der Waals surface area contributed by atoms with Crippen LogP contribution in [-0.4, -0.2) is 21.1 Å². The zero-order valence-corrected chi connectivity index (χ0v) is 10.6. The second-order valence-electron chi connectivity index (χ2n) is 4.87. The van der Waals surface area contributed by atoms with Gasteiger partial charge in [0.1, 0.15) is 0 Å². The van der Waals surface area contributed by atoms with Crippen molar-refractivity contribution in [2.75, 3.05) is 0 Å². The highest BCUT2D eigenvalue weighted by molar-refractivity contribution is 5.93. The summed E-state index contributed by atoms with van der Waals surface area (Å²) in [4.78, 5) is 16.5. The molecule has 3 rings (SSSR count). The summed E-state index contributed by atoms with van der Waals surface area (Å²) in [5.74, 6) is -0.195. The number of hydrogen-bond acceptors (Lipinski definition) is 4. The van der Waals surface area contributed by atoms with Crippen LogP contribution in [0.15, 0.2) is 36.7 Å². The minimum Gasteiger partial charge on any atom is -0.340 e. The fraction of sp³-hybridized carbons (Fsp3) is 0.286. The van der Waals surface area contributed by atoms with E-state index < -0.39 is 0 Å². The number of hydrogen-bond donors (Lipinski definition) is 1. The van der Waals surface area contributed by atoms with E-state index in [-0.39, 0.29) is 11.4 Å². The van der Waals surface area contributed by atoms with Crippen LogP contribution < -0.4 is 5.32 Å². The molecule has 19 heavy (non-hydrogen) atoms. The second-order valence-corrected chi connectivity index (χ2v) is 4.87. The van der Waals surface area contributed by atoms with E-state index >= 15 is 0 Å². The molecule has 1 aliphatic rings. The van der Waals surface area contributed by atoms with Crippen LogP contribution >= 0.6 is 0 Å². The maximum absolute atomic E-state index is 12.2. The first kappa shape index (κ1) is 11.8. The largest absolute Gasteiger partial charge is 0.340 e. The summed E-state index contributed by atoms with van der Waals surface area (Å²) < 4.78 is 0. The van der Waals surface area contributed by atoms with Gasteiger partial charge < -0.3 is 5.32 Å². The normalized spacial score (nSPS) is 15.8. The van der Waals surface area contributed by atoms with Gasteiger partial charge >= 0.3 is 0 Å². The highest BCUT2D eigenvalue weighted by atomic mass is 16.2. The van der Waals surface area contributed by atoms with E-state index in [4.69, 9.17) is 0 Å². The molecule has 5 nitrogen and oxygen atoms in total. The van der Waals surface area contributed by atoms with E-state index in [1.165, 1.54) is 0 Å². The van der Waals surface area contributed by atoms with Crippen molar-refractivity contribution >= 4 is 5.91 Å². The number of carbonyl (C=O) groups excluding carboxylic acids is 1. The van der Waals surface area contributed by atoms with Gasteiger partial charge in [-0.1, -0.05) is 6.07 Å². The van der Waals surface area contributed by atoms with E-state index in [0.29, 0.717) is 5.69 Å². The summed E-state index contributed by atoms with van der Waals surface area (Å²) in [6.45, 7) is 1.89. The van der Waals surface area contributed by atoms with Gasteiger partial charge in [0.2, 0.25) is 0 Å². The van der Waals surface area contributed by atoms with Crippen molar-refractivity contribution in [1.29, 1.82) is 0 Å². The third-order valence-corrected chi connectivity index (χ3v) is 3.28. The molecule has 2 aromatic rings. The Labute approximate surface area is 111 Å². The lowest BCUT2D eigenvalue weighted by molar-refractivity contribution is 0.0923. The second kappa shape index (κ2) is 4.42. The molecule has 1 fully saturated rings. The number of nitrogens with zero attached hydrogens (tertiary/aromatic N) is 3. The van der Waals surface area contributed by atoms with E-state index in [9.17, 15) is 4.79 Å². The monoisotopic (exact) mass is 254 g/mol. The maximum atomic E-state index is 12.2. The van der Waals surface area contributed by atoms with Crippen molar-refractivity contribution in [2.24, 2.45) is 0 Å². The predicted molar refractivity (Wildman–Crippen MR) is 69.4 cm³/mol. The van der Waals surface area contributed by atoms with Gasteiger partial charge in [0.15, 0.2) is 5.69 Å². The van der Waals surface area contributed by atoms with Gasteiger partial charge in [0.25, 0.3) is 5.91 Å². The molecule has 0 aliphatic heterocycles. The van der Waals surface area contributed by atoms with Gasteiger partial charge in [-0.2, -0.15) is 5.10 Å². The van der Waals surface area contributed by atoms with Gasteiger partial charge in [-0.15, -0.1) is 5.10 Å². The first-order valence-electron chi connectivity index (χ1n) is 6.23. The lowest BCUT2D eigenvalue weighted by Gasteiger charge is -2.16. The third-order valence-electron chi connectivity index (χ3n) is 3.28. The van der Waals surface area contributed by atoms with Crippen molar-refractivity contribution in [1.82, 2.24) is 20.5 Å². The quantitative estimate of drug-likeness (QED) is 0.903. The Kier molecular flexibility index (Phi) is 2.74. The van der Waals surface area contributed by atoms with E-state index in [0.717, 1.165) is 24.1 Å². The van der Waals surface area contributed by atoms with Gasteiger partial charge in [0, 0.05) is 6.20 Å². The Morgan fingerprint density at radius 2 is 2.21 bits per heavy atom. The van der Waals surface area contributed by atoms with Crippen LogP contribution in [0.25, 0.3) is 0 Å². The molecule has 1 saturated carbocycles. The first-order chi connectivity index (χ1) is 9.20. The molecule has 0 aromatic carbocycles. The van der Waals surface area contributed by atoms with Gasteiger partial charge in [0.05, 0.1) is 17.4 Å². The minimum absolute atomic E-state index is 0.195. The molecule has 96 valence electrons. The van der Waals surface area contributed by atoms with E-state index in [1.54, 1.807) is 18.5 Å². The number of pyridine rings is 1. The van der Waals surface area contributed by atoms with Crippen LogP contribution in [0.2, 0.25) is 0 Å². The summed E-state index contributed by atoms with van der Waals surface area (Å²) in [6.07, 6.45) is 5.19. The zero-order valence-electron chi connectivity index (χ0n) is 10.6. The summed E-state index contributed by atoms with van der Waals surface area (Å²) in [5, 5.41) is 10.7. The zero-order chi connectivity index (χ0) is 13.3. The molecule has 2 heterocycles. The Hall–Kier alpha value is -2.30. The minimum atomic E-state index is -0.316. The van der Waals surface area contributed by atoms with Crippen molar-refractivity contribution < 1.29 is 4.79 Å². The van der Waals surface area contributed by atoms with Crippen molar-refractivity contribution in [3.63, 3.8) is 0 Å². The summed E-state index contributed by atoms with van der Waals surface area (Å²) >= 11 is 0. The van der Waals surface area contributed by atoms with E-state index in [2.05, 4.69) is 20.5 Å². The molecule has 0 spiro atoms. The Bertz CT molecular complexity index is 608. The number of nitrogens with one attached hydrogen (secondary N) is 1. The molecular weight excluding hydrogens is 240 g/mol. The molecule has 2 aromatic heterocycles. The van der Waals surface area contributed by atoms with Gasteiger partial charge in [-0.3, -0.25) is 9.78 Å². The van der Waals surface area contributed by atoms with Crippen molar-refractivity contribution in [3.05, 3.63) is 53.6 Å². The molecular formula is C14H14N4O.